The predicted molar refractivity (Wildman–Crippen MR) is 75.5 cm³/mol. The zero-order valence-electron chi connectivity index (χ0n) is 12.7. The number of halogens is 2. The Morgan fingerprint density at radius 2 is 1.95 bits per heavy atom. The van der Waals surface area contributed by atoms with Crippen molar-refractivity contribution in [2.45, 2.75) is 33.3 Å². The van der Waals surface area contributed by atoms with Gasteiger partial charge in [-0.1, -0.05) is 0 Å². The van der Waals surface area contributed by atoms with E-state index in [2.05, 4.69) is 5.32 Å². The first-order valence-electron chi connectivity index (χ1n) is 6.76. The van der Waals surface area contributed by atoms with Crippen molar-refractivity contribution in [1.29, 1.82) is 0 Å². The van der Waals surface area contributed by atoms with Crippen molar-refractivity contribution >= 4 is 11.9 Å². The average Bonchev–Trinajstić information content (AvgIpc) is 2.42. The van der Waals surface area contributed by atoms with Crippen LogP contribution in [0.1, 0.15) is 27.2 Å². The highest BCUT2D eigenvalue weighted by Gasteiger charge is 2.27. The van der Waals surface area contributed by atoms with Gasteiger partial charge in [-0.3, -0.25) is 9.59 Å². The molecular formula is C15H19F2NO4. The molecule has 1 amide bonds. The number of ether oxygens (including phenoxy) is 1. The molecular weight excluding hydrogens is 296 g/mol. The molecule has 1 atom stereocenters. The minimum absolute atomic E-state index is 0.0346. The summed E-state index contributed by atoms with van der Waals surface area (Å²) < 4.78 is 31.0. The van der Waals surface area contributed by atoms with Crippen molar-refractivity contribution in [3.63, 3.8) is 0 Å². The maximum atomic E-state index is 13.0. The van der Waals surface area contributed by atoms with Gasteiger partial charge in [-0.25, -0.2) is 8.78 Å². The third-order valence-electron chi connectivity index (χ3n) is 3.20. The van der Waals surface area contributed by atoms with Crippen LogP contribution in [0.3, 0.4) is 0 Å². The molecule has 0 saturated carbocycles. The van der Waals surface area contributed by atoms with Crippen LogP contribution in [-0.4, -0.2) is 29.6 Å². The Hall–Kier alpha value is -2.18. The molecule has 0 heterocycles. The molecule has 0 aliphatic heterocycles. The van der Waals surface area contributed by atoms with Crippen molar-refractivity contribution in [2.24, 2.45) is 5.41 Å². The average molecular weight is 315 g/mol. The smallest absolute Gasteiger partial charge is 0.309 e. The number of nitrogens with one attached hydrogen (secondary N) is 1. The summed E-state index contributed by atoms with van der Waals surface area (Å²) in [5.41, 5.74) is -0.947. The highest BCUT2D eigenvalue weighted by atomic mass is 19.2. The second kappa shape index (κ2) is 7.20. The second-order valence-electron chi connectivity index (χ2n) is 5.57. The molecule has 0 saturated heterocycles. The van der Waals surface area contributed by atoms with E-state index in [0.717, 1.165) is 12.1 Å². The SMILES string of the molecule is CC(Oc1ccc(F)c(F)c1)C(=O)NCCC(C)(C)C(=O)O. The lowest BCUT2D eigenvalue weighted by atomic mass is 9.90. The van der Waals surface area contributed by atoms with E-state index in [4.69, 9.17) is 9.84 Å². The molecule has 122 valence electrons. The number of benzene rings is 1. The van der Waals surface area contributed by atoms with E-state index in [0.29, 0.717) is 0 Å². The van der Waals surface area contributed by atoms with Crippen molar-refractivity contribution in [3.05, 3.63) is 29.8 Å². The standard InChI is InChI=1S/C15H19F2NO4/c1-9(22-10-4-5-11(16)12(17)8-10)13(19)18-7-6-15(2,3)14(20)21/h4-5,8-9H,6-7H2,1-3H3,(H,18,19)(H,20,21). The quantitative estimate of drug-likeness (QED) is 0.810. The first-order valence-corrected chi connectivity index (χ1v) is 6.76. The predicted octanol–water partition coefficient (Wildman–Crippen LogP) is 2.35. The fourth-order valence-corrected chi connectivity index (χ4v) is 1.56. The molecule has 1 aromatic carbocycles. The third kappa shape index (κ3) is 4.98. The van der Waals surface area contributed by atoms with Crippen LogP contribution in [0.4, 0.5) is 8.78 Å². The molecule has 0 aromatic heterocycles. The highest BCUT2D eigenvalue weighted by molar-refractivity contribution is 5.80. The van der Waals surface area contributed by atoms with Gasteiger partial charge in [-0.15, -0.1) is 0 Å². The Labute approximate surface area is 127 Å². The Kier molecular flexibility index (Phi) is 5.84. The Bertz CT molecular complexity index is 560. The van der Waals surface area contributed by atoms with Gasteiger partial charge in [0.2, 0.25) is 0 Å². The van der Waals surface area contributed by atoms with Gasteiger partial charge < -0.3 is 15.2 Å². The van der Waals surface area contributed by atoms with E-state index in [9.17, 15) is 18.4 Å². The molecule has 0 aliphatic rings. The van der Waals surface area contributed by atoms with Crippen LogP contribution in [0.2, 0.25) is 0 Å². The van der Waals surface area contributed by atoms with Crippen LogP contribution in [0.5, 0.6) is 5.75 Å². The van der Waals surface area contributed by atoms with Crippen LogP contribution in [0.15, 0.2) is 18.2 Å². The minimum atomic E-state index is -1.06. The van der Waals surface area contributed by atoms with Crippen LogP contribution in [-0.2, 0) is 9.59 Å². The summed E-state index contributed by atoms with van der Waals surface area (Å²) in [7, 11) is 0. The largest absolute Gasteiger partial charge is 0.481 e. The number of amides is 1. The molecule has 1 unspecified atom stereocenters. The van der Waals surface area contributed by atoms with E-state index < -0.39 is 35.0 Å². The van der Waals surface area contributed by atoms with Crippen molar-refractivity contribution in [2.75, 3.05) is 6.54 Å². The summed E-state index contributed by atoms with van der Waals surface area (Å²) in [4.78, 5) is 22.7. The molecule has 0 bridgehead atoms. The molecule has 0 fully saturated rings. The lowest BCUT2D eigenvalue weighted by molar-refractivity contribution is -0.147. The van der Waals surface area contributed by atoms with E-state index >= 15 is 0 Å². The number of aliphatic carboxylic acids is 1. The zero-order chi connectivity index (χ0) is 16.9. The van der Waals surface area contributed by atoms with Crippen LogP contribution < -0.4 is 10.1 Å². The minimum Gasteiger partial charge on any atom is -0.481 e. The Morgan fingerprint density at radius 3 is 2.50 bits per heavy atom. The number of hydrogen-bond donors (Lipinski definition) is 2. The summed E-state index contributed by atoms with van der Waals surface area (Å²) >= 11 is 0. The molecule has 0 radical (unpaired) electrons. The monoisotopic (exact) mass is 315 g/mol. The number of hydrogen-bond acceptors (Lipinski definition) is 3. The number of carboxylic acid groups (broad SMARTS) is 1. The van der Waals surface area contributed by atoms with Gasteiger partial charge in [0.15, 0.2) is 17.7 Å². The molecule has 1 rings (SSSR count). The van der Waals surface area contributed by atoms with E-state index in [1.165, 1.54) is 13.0 Å². The van der Waals surface area contributed by atoms with Gasteiger partial charge in [0.1, 0.15) is 5.75 Å². The lowest BCUT2D eigenvalue weighted by Gasteiger charge is -2.20. The summed E-state index contributed by atoms with van der Waals surface area (Å²) in [5, 5.41) is 11.5. The van der Waals surface area contributed by atoms with E-state index in [1.807, 2.05) is 0 Å². The normalized spacial score (nSPS) is 12.6. The number of carbonyl (C=O) groups is 2. The summed E-state index contributed by atoms with van der Waals surface area (Å²) in [6.45, 7) is 4.74. The first-order chi connectivity index (χ1) is 10.1. The summed E-state index contributed by atoms with van der Waals surface area (Å²) in [6, 6.07) is 2.98. The van der Waals surface area contributed by atoms with Crippen molar-refractivity contribution in [1.82, 2.24) is 5.32 Å². The fraction of sp³-hybridized carbons (Fsp3) is 0.467. The van der Waals surface area contributed by atoms with E-state index in [1.54, 1.807) is 13.8 Å². The molecule has 0 spiro atoms. The van der Waals surface area contributed by atoms with Crippen LogP contribution in [0, 0.1) is 17.0 Å². The van der Waals surface area contributed by atoms with Gasteiger partial charge in [-0.2, -0.15) is 0 Å². The van der Waals surface area contributed by atoms with Gasteiger partial charge >= 0.3 is 5.97 Å². The maximum absolute atomic E-state index is 13.0. The first kappa shape index (κ1) is 17.9. The lowest BCUT2D eigenvalue weighted by Crippen LogP contribution is -2.39. The maximum Gasteiger partial charge on any atom is 0.309 e. The number of carboxylic acids is 1. The molecule has 7 heteroatoms. The van der Waals surface area contributed by atoms with Gasteiger partial charge in [0, 0.05) is 12.6 Å². The summed E-state index contributed by atoms with van der Waals surface area (Å²) in [5.74, 6) is -3.44. The highest BCUT2D eigenvalue weighted by Crippen LogP contribution is 2.19. The van der Waals surface area contributed by atoms with Crippen molar-refractivity contribution in [3.8, 4) is 5.75 Å². The van der Waals surface area contributed by atoms with Crippen molar-refractivity contribution < 1.29 is 28.2 Å². The van der Waals surface area contributed by atoms with Crippen LogP contribution >= 0.6 is 0 Å². The number of rotatable bonds is 7. The molecule has 0 aliphatic carbocycles. The van der Waals surface area contributed by atoms with Gasteiger partial charge in [0.25, 0.3) is 5.91 Å². The molecule has 1 aromatic rings. The Balaban J connectivity index is 2.48. The van der Waals surface area contributed by atoms with Gasteiger partial charge in [0.05, 0.1) is 5.41 Å². The van der Waals surface area contributed by atoms with E-state index in [-0.39, 0.29) is 18.7 Å². The number of carbonyl (C=O) groups excluding carboxylic acids is 1. The molecule has 22 heavy (non-hydrogen) atoms. The third-order valence-corrected chi connectivity index (χ3v) is 3.20. The Morgan fingerprint density at radius 1 is 1.32 bits per heavy atom. The van der Waals surface area contributed by atoms with Crippen LogP contribution in [0.25, 0.3) is 0 Å². The van der Waals surface area contributed by atoms with Gasteiger partial charge in [-0.05, 0) is 39.3 Å². The molecule has 5 nitrogen and oxygen atoms in total. The topological polar surface area (TPSA) is 75.6 Å². The molecule has 2 N–H and O–H groups in total. The second-order valence-corrected chi connectivity index (χ2v) is 5.57. The fourth-order valence-electron chi connectivity index (χ4n) is 1.56. The zero-order valence-corrected chi connectivity index (χ0v) is 12.7. The summed E-state index contributed by atoms with van der Waals surface area (Å²) in [6.07, 6.45) is -0.663.